The Balaban J connectivity index is 2.43. The largest absolute Gasteiger partial charge is 0.278 e. The maximum atomic E-state index is 12.3. The van der Waals surface area contributed by atoms with Gasteiger partial charge < -0.3 is 0 Å². The second kappa shape index (κ2) is 5.91. The summed E-state index contributed by atoms with van der Waals surface area (Å²) in [6.45, 7) is 1.67. The van der Waals surface area contributed by atoms with Crippen LogP contribution in [0, 0.1) is 17.0 Å². The average molecular weight is 412 g/mol. The molecule has 0 fully saturated rings. The van der Waals surface area contributed by atoms with Gasteiger partial charge in [-0.3, -0.25) is 14.8 Å². The molecule has 10 heteroatoms. The van der Waals surface area contributed by atoms with Crippen molar-refractivity contribution in [1.29, 1.82) is 0 Å². The fraction of sp³-hybridized carbons (Fsp3) is 0.0909. The molecule has 0 bridgehead atoms. The average Bonchev–Trinajstić information content (AvgIpc) is 2.71. The first-order valence-corrected chi connectivity index (χ1v) is 8.90. The zero-order valence-electron chi connectivity index (χ0n) is 10.5. The van der Waals surface area contributed by atoms with Crippen LogP contribution in [0.25, 0.3) is 0 Å². The summed E-state index contributed by atoms with van der Waals surface area (Å²) in [5.41, 5.74) is -0.284. The first-order valence-electron chi connectivity index (χ1n) is 5.43. The molecule has 1 aromatic carbocycles. The minimum Gasteiger partial charge on any atom is -0.278 e. The van der Waals surface area contributed by atoms with Gasteiger partial charge in [-0.1, -0.05) is 11.6 Å². The van der Waals surface area contributed by atoms with Crippen LogP contribution >= 0.6 is 38.9 Å². The topological polar surface area (TPSA) is 89.3 Å². The minimum atomic E-state index is -3.86. The molecule has 0 aliphatic rings. The van der Waals surface area contributed by atoms with Gasteiger partial charge in [-0.2, -0.15) is 0 Å². The standard InChI is InChI=1S/C11H8BrClN2O4S2/c1-6-10(5-11(12)20-6)21(18,19)14-9-4-7(15(16)17)2-3-8(9)13/h2-5,14H,1H3. The van der Waals surface area contributed by atoms with E-state index in [2.05, 4.69) is 20.7 Å². The maximum Gasteiger partial charge on any atom is 0.271 e. The van der Waals surface area contributed by atoms with Crippen LogP contribution in [-0.4, -0.2) is 13.3 Å². The van der Waals surface area contributed by atoms with E-state index >= 15 is 0 Å². The molecule has 1 aromatic heterocycles. The molecule has 2 aromatic rings. The van der Waals surface area contributed by atoms with Gasteiger partial charge in [-0.05, 0) is 35.0 Å². The Kier molecular flexibility index (Phi) is 4.57. The normalized spacial score (nSPS) is 11.4. The fourth-order valence-corrected chi connectivity index (χ4v) is 5.31. The molecule has 0 amide bonds. The number of benzene rings is 1. The predicted molar refractivity (Wildman–Crippen MR) is 85.7 cm³/mol. The molecule has 1 N–H and O–H groups in total. The number of anilines is 1. The summed E-state index contributed by atoms with van der Waals surface area (Å²) >= 11 is 10.4. The summed E-state index contributed by atoms with van der Waals surface area (Å²) in [5.74, 6) is 0. The van der Waals surface area contributed by atoms with Crippen LogP contribution in [0.4, 0.5) is 11.4 Å². The quantitative estimate of drug-likeness (QED) is 0.603. The van der Waals surface area contributed by atoms with Gasteiger partial charge >= 0.3 is 0 Å². The number of nitrogens with one attached hydrogen (secondary N) is 1. The van der Waals surface area contributed by atoms with Crippen molar-refractivity contribution < 1.29 is 13.3 Å². The number of sulfonamides is 1. The molecule has 112 valence electrons. The molecule has 0 radical (unpaired) electrons. The lowest BCUT2D eigenvalue weighted by Crippen LogP contribution is -2.13. The summed E-state index contributed by atoms with van der Waals surface area (Å²) in [6, 6.07) is 5.02. The van der Waals surface area contributed by atoms with E-state index in [1.165, 1.54) is 29.5 Å². The first kappa shape index (κ1) is 16.2. The second-order valence-corrected chi connectivity index (χ2v) is 8.69. The number of halogens is 2. The van der Waals surface area contributed by atoms with E-state index < -0.39 is 14.9 Å². The van der Waals surface area contributed by atoms with Crippen molar-refractivity contribution in [2.75, 3.05) is 4.72 Å². The Labute approximate surface area is 138 Å². The van der Waals surface area contributed by atoms with Crippen LogP contribution in [0.1, 0.15) is 4.88 Å². The molecule has 0 atom stereocenters. The van der Waals surface area contributed by atoms with Crippen LogP contribution < -0.4 is 4.72 Å². The van der Waals surface area contributed by atoms with Crippen LogP contribution in [-0.2, 0) is 10.0 Å². The highest BCUT2D eigenvalue weighted by atomic mass is 79.9. The number of rotatable bonds is 4. The number of nitro groups is 1. The van der Waals surface area contributed by atoms with Gasteiger partial charge in [-0.25, -0.2) is 8.42 Å². The van der Waals surface area contributed by atoms with Gasteiger partial charge in [0.15, 0.2) is 0 Å². The van der Waals surface area contributed by atoms with E-state index in [0.29, 0.717) is 8.66 Å². The lowest BCUT2D eigenvalue weighted by Gasteiger charge is -2.09. The Morgan fingerprint density at radius 2 is 2.05 bits per heavy atom. The third-order valence-electron chi connectivity index (χ3n) is 2.54. The van der Waals surface area contributed by atoms with Gasteiger partial charge in [0, 0.05) is 17.0 Å². The molecule has 1 heterocycles. The highest BCUT2D eigenvalue weighted by Gasteiger charge is 2.21. The lowest BCUT2D eigenvalue weighted by molar-refractivity contribution is -0.384. The van der Waals surface area contributed by atoms with E-state index in [4.69, 9.17) is 11.6 Å². The van der Waals surface area contributed by atoms with E-state index in [0.717, 1.165) is 6.07 Å². The molecule has 6 nitrogen and oxygen atoms in total. The van der Waals surface area contributed by atoms with Gasteiger partial charge in [0.25, 0.3) is 15.7 Å². The van der Waals surface area contributed by atoms with Gasteiger partial charge in [0.05, 0.1) is 19.4 Å². The Bertz CT molecular complexity index is 820. The predicted octanol–water partition coefficient (Wildman–Crippen LogP) is 4.18. The van der Waals surface area contributed by atoms with Gasteiger partial charge in [-0.15, -0.1) is 11.3 Å². The monoisotopic (exact) mass is 410 g/mol. The summed E-state index contributed by atoms with van der Waals surface area (Å²) < 4.78 is 27.6. The highest BCUT2D eigenvalue weighted by molar-refractivity contribution is 9.11. The molecule has 0 spiro atoms. The third kappa shape index (κ3) is 3.54. The molecule has 0 aliphatic carbocycles. The molecule has 0 saturated carbocycles. The Morgan fingerprint density at radius 3 is 2.57 bits per heavy atom. The van der Waals surface area contributed by atoms with E-state index in [-0.39, 0.29) is 21.3 Å². The zero-order chi connectivity index (χ0) is 15.8. The lowest BCUT2D eigenvalue weighted by atomic mass is 10.3. The van der Waals surface area contributed by atoms with Gasteiger partial charge in [0.2, 0.25) is 0 Å². The van der Waals surface area contributed by atoms with Crippen LogP contribution in [0.3, 0.4) is 0 Å². The summed E-state index contributed by atoms with van der Waals surface area (Å²) in [5, 5.41) is 10.8. The summed E-state index contributed by atoms with van der Waals surface area (Å²) in [4.78, 5) is 10.8. The molecule has 21 heavy (non-hydrogen) atoms. The van der Waals surface area contributed by atoms with Crippen molar-refractivity contribution in [3.05, 3.63) is 48.1 Å². The van der Waals surface area contributed by atoms with Crippen LogP contribution in [0.15, 0.2) is 32.9 Å². The highest BCUT2D eigenvalue weighted by Crippen LogP contribution is 2.33. The van der Waals surface area contributed by atoms with E-state index in [1.807, 2.05) is 0 Å². The summed E-state index contributed by atoms with van der Waals surface area (Å²) in [7, 11) is -3.86. The van der Waals surface area contributed by atoms with Crippen molar-refractivity contribution in [1.82, 2.24) is 0 Å². The number of hydrogen-bond donors (Lipinski definition) is 1. The smallest absolute Gasteiger partial charge is 0.271 e. The van der Waals surface area contributed by atoms with E-state index in [9.17, 15) is 18.5 Å². The van der Waals surface area contributed by atoms with Crippen molar-refractivity contribution in [2.24, 2.45) is 0 Å². The first-order chi connectivity index (χ1) is 9.70. The zero-order valence-corrected chi connectivity index (χ0v) is 14.4. The number of nitro benzene ring substituents is 1. The number of aryl methyl sites for hydroxylation is 1. The fourth-order valence-electron chi connectivity index (χ4n) is 1.60. The van der Waals surface area contributed by atoms with Crippen molar-refractivity contribution in [2.45, 2.75) is 11.8 Å². The molecule has 0 unspecified atom stereocenters. The summed E-state index contributed by atoms with van der Waals surface area (Å²) in [6.07, 6.45) is 0. The Hall–Kier alpha value is -1.16. The molecule has 2 rings (SSSR count). The SMILES string of the molecule is Cc1sc(Br)cc1S(=O)(=O)Nc1cc([N+](=O)[O-])ccc1Cl. The molecule has 0 aliphatic heterocycles. The number of nitrogens with zero attached hydrogens (tertiary/aromatic N) is 1. The molecular weight excluding hydrogens is 404 g/mol. The molecular formula is C11H8BrClN2O4S2. The maximum absolute atomic E-state index is 12.3. The number of hydrogen-bond acceptors (Lipinski definition) is 5. The van der Waals surface area contributed by atoms with Crippen LogP contribution in [0.2, 0.25) is 5.02 Å². The number of non-ortho nitro benzene ring substituents is 1. The third-order valence-corrected chi connectivity index (χ3v) is 6.04. The van der Waals surface area contributed by atoms with Crippen molar-refractivity contribution >= 4 is 60.3 Å². The molecule has 0 saturated heterocycles. The van der Waals surface area contributed by atoms with Crippen molar-refractivity contribution in [3.8, 4) is 0 Å². The second-order valence-electron chi connectivity index (χ2n) is 4.00. The Morgan fingerprint density at radius 1 is 1.38 bits per heavy atom. The number of thiophene rings is 1. The van der Waals surface area contributed by atoms with Gasteiger partial charge in [0.1, 0.15) is 4.90 Å². The van der Waals surface area contributed by atoms with E-state index in [1.54, 1.807) is 6.92 Å². The van der Waals surface area contributed by atoms with Crippen LogP contribution in [0.5, 0.6) is 0 Å². The minimum absolute atomic E-state index is 0.0346. The van der Waals surface area contributed by atoms with Crippen molar-refractivity contribution in [3.63, 3.8) is 0 Å².